The second-order valence-corrected chi connectivity index (χ2v) is 6.50. The van der Waals surface area contributed by atoms with Crippen LogP contribution < -0.4 is 14.8 Å². The minimum absolute atomic E-state index is 0.111. The number of aromatic nitrogens is 3. The van der Waals surface area contributed by atoms with E-state index in [2.05, 4.69) is 10.3 Å². The molecule has 0 amide bonds. The SMILES string of the molecule is COc1ccc(CNc2c(-c3ccc(OC)c(CO)c3)nc3cnccn23)cc1. The Morgan fingerprint density at radius 2 is 1.90 bits per heavy atom. The van der Waals surface area contributed by atoms with Crippen LogP contribution in [0, 0.1) is 0 Å². The normalized spacial score (nSPS) is 10.9. The zero-order valence-electron chi connectivity index (χ0n) is 16.3. The molecule has 7 heteroatoms. The topological polar surface area (TPSA) is 80.9 Å². The zero-order valence-corrected chi connectivity index (χ0v) is 16.3. The lowest BCUT2D eigenvalue weighted by Crippen LogP contribution is -2.03. The summed E-state index contributed by atoms with van der Waals surface area (Å²) in [5.41, 5.74) is 4.23. The molecule has 7 nitrogen and oxygen atoms in total. The molecule has 2 aromatic heterocycles. The standard InChI is InChI=1S/C22H22N4O3/c1-28-18-6-3-15(4-7-18)12-24-22-21(25-20-13-23-9-10-26(20)22)16-5-8-19(29-2)17(11-16)14-27/h3-11,13,24,27H,12,14H2,1-2H3. The lowest BCUT2D eigenvalue weighted by molar-refractivity contribution is 0.274. The van der Waals surface area contributed by atoms with Crippen molar-refractivity contribution in [2.24, 2.45) is 0 Å². The molecular formula is C22H22N4O3. The molecule has 0 unspecified atom stereocenters. The number of nitrogens with zero attached hydrogens (tertiary/aromatic N) is 3. The Bertz CT molecular complexity index is 1120. The van der Waals surface area contributed by atoms with E-state index in [1.807, 2.05) is 53.1 Å². The highest BCUT2D eigenvalue weighted by molar-refractivity contribution is 5.77. The smallest absolute Gasteiger partial charge is 0.157 e. The zero-order chi connectivity index (χ0) is 20.2. The van der Waals surface area contributed by atoms with Crippen LogP contribution in [-0.4, -0.2) is 33.7 Å². The van der Waals surface area contributed by atoms with E-state index < -0.39 is 0 Å². The van der Waals surface area contributed by atoms with Crippen molar-refractivity contribution < 1.29 is 14.6 Å². The molecule has 0 aliphatic carbocycles. The van der Waals surface area contributed by atoms with E-state index in [4.69, 9.17) is 14.5 Å². The highest BCUT2D eigenvalue weighted by atomic mass is 16.5. The van der Waals surface area contributed by atoms with Gasteiger partial charge in [-0.25, -0.2) is 4.98 Å². The number of aliphatic hydroxyl groups excluding tert-OH is 1. The lowest BCUT2D eigenvalue weighted by atomic mass is 10.1. The third kappa shape index (κ3) is 3.72. The summed E-state index contributed by atoms with van der Waals surface area (Å²) in [6.45, 7) is 0.511. The first-order valence-corrected chi connectivity index (χ1v) is 9.20. The Morgan fingerprint density at radius 3 is 2.62 bits per heavy atom. The van der Waals surface area contributed by atoms with E-state index in [0.717, 1.165) is 34.0 Å². The molecule has 148 valence electrons. The van der Waals surface area contributed by atoms with Gasteiger partial charge in [0.05, 0.1) is 27.0 Å². The van der Waals surface area contributed by atoms with Crippen LogP contribution in [0.5, 0.6) is 11.5 Å². The average Bonchev–Trinajstić information content (AvgIpc) is 3.16. The molecule has 2 aromatic carbocycles. The molecule has 0 saturated carbocycles. The largest absolute Gasteiger partial charge is 0.497 e. The van der Waals surface area contributed by atoms with Crippen molar-refractivity contribution in [1.82, 2.24) is 14.4 Å². The average molecular weight is 390 g/mol. The number of rotatable bonds is 7. The van der Waals surface area contributed by atoms with Crippen molar-refractivity contribution in [3.05, 3.63) is 72.2 Å². The Balaban J connectivity index is 1.72. The number of nitrogens with one attached hydrogen (secondary N) is 1. The number of anilines is 1. The summed E-state index contributed by atoms with van der Waals surface area (Å²) in [6, 6.07) is 13.6. The van der Waals surface area contributed by atoms with Crippen LogP contribution in [0.3, 0.4) is 0 Å². The lowest BCUT2D eigenvalue weighted by Gasteiger charge is -2.11. The number of methoxy groups -OCH3 is 2. The minimum atomic E-state index is -0.111. The van der Waals surface area contributed by atoms with Crippen molar-refractivity contribution in [3.63, 3.8) is 0 Å². The highest BCUT2D eigenvalue weighted by Crippen LogP contribution is 2.32. The third-order valence-electron chi connectivity index (χ3n) is 4.77. The summed E-state index contributed by atoms with van der Waals surface area (Å²) in [6.07, 6.45) is 5.32. The Labute approximate surface area is 168 Å². The van der Waals surface area contributed by atoms with E-state index in [0.29, 0.717) is 17.9 Å². The van der Waals surface area contributed by atoms with Gasteiger partial charge in [-0.2, -0.15) is 0 Å². The van der Waals surface area contributed by atoms with Gasteiger partial charge in [-0.15, -0.1) is 0 Å². The maximum atomic E-state index is 9.68. The van der Waals surface area contributed by atoms with Gasteiger partial charge in [0.15, 0.2) is 5.65 Å². The van der Waals surface area contributed by atoms with Crippen molar-refractivity contribution in [1.29, 1.82) is 0 Å². The number of imidazole rings is 1. The molecule has 0 fully saturated rings. The summed E-state index contributed by atoms with van der Waals surface area (Å²) < 4.78 is 12.5. The molecule has 0 saturated heterocycles. The van der Waals surface area contributed by atoms with E-state index in [1.165, 1.54) is 0 Å². The predicted octanol–water partition coefficient (Wildman–Crippen LogP) is 3.52. The molecule has 4 rings (SSSR count). The number of aliphatic hydroxyl groups is 1. The van der Waals surface area contributed by atoms with Crippen LogP contribution in [0.25, 0.3) is 16.9 Å². The fourth-order valence-corrected chi connectivity index (χ4v) is 3.26. The maximum Gasteiger partial charge on any atom is 0.157 e. The summed E-state index contributed by atoms with van der Waals surface area (Å²) >= 11 is 0. The van der Waals surface area contributed by atoms with E-state index >= 15 is 0 Å². The molecule has 4 aromatic rings. The van der Waals surface area contributed by atoms with Crippen LogP contribution in [0.15, 0.2) is 61.1 Å². The molecule has 0 atom stereocenters. The number of hydrogen-bond acceptors (Lipinski definition) is 6. The summed E-state index contributed by atoms with van der Waals surface area (Å²) in [5, 5.41) is 13.2. The second kappa shape index (κ2) is 8.20. The van der Waals surface area contributed by atoms with Gasteiger partial charge >= 0.3 is 0 Å². The maximum absolute atomic E-state index is 9.68. The Morgan fingerprint density at radius 1 is 1.07 bits per heavy atom. The molecule has 0 spiro atoms. The fraction of sp³-hybridized carbons (Fsp3) is 0.182. The number of fused-ring (bicyclic) bond motifs is 1. The molecule has 2 heterocycles. The molecule has 2 N–H and O–H groups in total. The Hall–Kier alpha value is -3.58. The fourth-order valence-electron chi connectivity index (χ4n) is 3.26. The van der Waals surface area contributed by atoms with Crippen LogP contribution >= 0.6 is 0 Å². The van der Waals surface area contributed by atoms with Gasteiger partial charge in [0.2, 0.25) is 0 Å². The molecule has 29 heavy (non-hydrogen) atoms. The third-order valence-corrected chi connectivity index (χ3v) is 4.77. The van der Waals surface area contributed by atoms with Crippen LogP contribution in [-0.2, 0) is 13.2 Å². The number of ether oxygens (including phenoxy) is 2. The van der Waals surface area contributed by atoms with Crippen LogP contribution in [0.2, 0.25) is 0 Å². The van der Waals surface area contributed by atoms with Gasteiger partial charge in [-0.05, 0) is 35.9 Å². The molecule has 0 radical (unpaired) electrons. The first kappa shape index (κ1) is 18.8. The van der Waals surface area contributed by atoms with Gasteiger partial charge in [0, 0.05) is 30.1 Å². The minimum Gasteiger partial charge on any atom is -0.497 e. The second-order valence-electron chi connectivity index (χ2n) is 6.50. The number of hydrogen-bond donors (Lipinski definition) is 2. The summed E-state index contributed by atoms with van der Waals surface area (Å²) in [4.78, 5) is 8.92. The van der Waals surface area contributed by atoms with Gasteiger partial charge < -0.3 is 19.9 Å². The Kier molecular flexibility index (Phi) is 5.31. The van der Waals surface area contributed by atoms with Crippen LogP contribution in [0.1, 0.15) is 11.1 Å². The van der Waals surface area contributed by atoms with Crippen molar-refractivity contribution in [2.75, 3.05) is 19.5 Å². The first-order valence-electron chi connectivity index (χ1n) is 9.20. The predicted molar refractivity (Wildman–Crippen MR) is 111 cm³/mol. The summed E-state index contributed by atoms with van der Waals surface area (Å²) in [7, 11) is 3.24. The van der Waals surface area contributed by atoms with Crippen molar-refractivity contribution in [2.45, 2.75) is 13.2 Å². The van der Waals surface area contributed by atoms with Crippen LogP contribution in [0.4, 0.5) is 5.82 Å². The molecular weight excluding hydrogens is 368 g/mol. The quantitative estimate of drug-likeness (QED) is 0.503. The van der Waals surface area contributed by atoms with Gasteiger partial charge in [0.1, 0.15) is 23.0 Å². The van der Waals surface area contributed by atoms with Crippen molar-refractivity contribution >= 4 is 11.5 Å². The van der Waals surface area contributed by atoms with E-state index in [-0.39, 0.29) is 6.61 Å². The molecule has 0 bridgehead atoms. The van der Waals surface area contributed by atoms with Gasteiger partial charge in [-0.3, -0.25) is 9.38 Å². The van der Waals surface area contributed by atoms with Gasteiger partial charge in [0.25, 0.3) is 0 Å². The van der Waals surface area contributed by atoms with Crippen molar-refractivity contribution in [3.8, 4) is 22.8 Å². The van der Waals surface area contributed by atoms with E-state index in [9.17, 15) is 5.11 Å². The molecule has 0 aliphatic heterocycles. The number of benzene rings is 2. The molecule has 0 aliphatic rings. The van der Waals surface area contributed by atoms with E-state index in [1.54, 1.807) is 26.6 Å². The highest BCUT2D eigenvalue weighted by Gasteiger charge is 2.16. The monoisotopic (exact) mass is 390 g/mol. The summed E-state index contributed by atoms with van der Waals surface area (Å²) in [5.74, 6) is 2.33. The first-order chi connectivity index (χ1) is 14.2. The van der Waals surface area contributed by atoms with Gasteiger partial charge in [-0.1, -0.05) is 12.1 Å².